The van der Waals surface area contributed by atoms with Crippen molar-refractivity contribution in [3.63, 3.8) is 0 Å². The topological polar surface area (TPSA) is 110 Å². The summed E-state index contributed by atoms with van der Waals surface area (Å²) < 4.78 is 34.8. The third-order valence-electron chi connectivity index (χ3n) is 6.10. The minimum absolute atomic E-state index is 0.0761. The van der Waals surface area contributed by atoms with Crippen LogP contribution in [0.25, 0.3) is 10.4 Å². The molecular formula is C27H28F2N2O6S. The molecule has 1 heterocycles. The summed E-state index contributed by atoms with van der Waals surface area (Å²) in [5, 5.41) is 21.4. The number of rotatable bonds is 12. The van der Waals surface area contributed by atoms with Crippen LogP contribution in [-0.2, 0) is 16.1 Å². The van der Waals surface area contributed by atoms with E-state index in [2.05, 4.69) is 0 Å². The van der Waals surface area contributed by atoms with Crippen LogP contribution in [0.2, 0.25) is 0 Å². The van der Waals surface area contributed by atoms with Crippen molar-refractivity contribution in [2.24, 2.45) is 0 Å². The minimum atomic E-state index is -1.28. The zero-order valence-electron chi connectivity index (χ0n) is 21.2. The number of nitro groups is 1. The summed E-state index contributed by atoms with van der Waals surface area (Å²) in [6, 6.07) is 8.05. The molecule has 1 unspecified atom stereocenters. The van der Waals surface area contributed by atoms with Gasteiger partial charge in [-0.15, -0.1) is 11.3 Å². The van der Waals surface area contributed by atoms with Crippen LogP contribution in [0.1, 0.15) is 54.6 Å². The molecule has 11 heteroatoms. The Hall–Kier alpha value is -3.86. The highest BCUT2D eigenvalue weighted by molar-refractivity contribution is 7.20. The Balaban J connectivity index is 2.24. The molecule has 0 fully saturated rings. The monoisotopic (exact) mass is 546 g/mol. The Morgan fingerprint density at radius 2 is 1.76 bits per heavy atom. The van der Waals surface area contributed by atoms with Crippen molar-refractivity contribution in [2.75, 3.05) is 11.5 Å². The highest BCUT2D eigenvalue weighted by Gasteiger charge is 2.34. The number of nitro benzene ring substituents is 1. The van der Waals surface area contributed by atoms with Crippen LogP contribution in [0.4, 0.5) is 19.5 Å². The number of nitrogens with zero attached hydrogens (tertiary/aromatic N) is 2. The van der Waals surface area contributed by atoms with Gasteiger partial charge in [0.05, 0.1) is 23.6 Å². The van der Waals surface area contributed by atoms with E-state index in [9.17, 15) is 33.6 Å². The van der Waals surface area contributed by atoms with E-state index in [0.717, 1.165) is 29.9 Å². The van der Waals surface area contributed by atoms with E-state index in [1.807, 2.05) is 6.92 Å². The second kappa shape index (κ2) is 12.6. The number of thiophene rings is 1. The van der Waals surface area contributed by atoms with Crippen molar-refractivity contribution >= 4 is 34.0 Å². The lowest BCUT2D eigenvalue weighted by molar-refractivity contribution is -0.384. The molecule has 0 saturated heterocycles. The summed E-state index contributed by atoms with van der Waals surface area (Å²) in [6.45, 7) is 4.82. The number of carboxylic acid groups (broad SMARTS) is 1. The molecule has 2 aromatic carbocycles. The average molecular weight is 547 g/mol. The highest BCUT2D eigenvalue weighted by atomic mass is 32.1. The van der Waals surface area contributed by atoms with Crippen LogP contribution in [0.15, 0.2) is 42.5 Å². The zero-order chi connectivity index (χ0) is 28.0. The summed E-state index contributed by atoms with van der Waals surface area (Å²) in [5.41, 5.74) is 0.345. The summed E-state index contributed by atoms with van der Waals surface area (Å²) >= 11 is 1.04. The van der Waals surface area contributed by atoms with Gasteiger partial charge in [-0.1, -0.05) is 25.8 Å². The van der Waals surface area contributed by atoms with Crippen LogP contribution in [0.5, 0.6) is 0 Å². The number of aromatic carboxylic acids is 1. The maximum absolute atomic E-state index is 14.8. The van der Waals surface area contributed by atoms with E-state index in [-0.39, 0.29) is 34.8 Å². The Bertz CT molecular complexity index is 1310. The lowest BCUT2D eigenvalue weighted by Crippen LogP contribution is -2.42. The van der Waals surface area contributed by atoms with Gasteiger partial charge < -0.3 is 14.7 Å². The molecule has 1 atom stereocenters. The summed E-state index contributed by atoms with van der Waals surface area (Å²) in [5.74, 6) is -3.56. The number of carbonyl (C=O) groups is 2. The van der Waals surface area contributed by atoms with Crippen molar-refractivity contribution in [3.05, 3.63) is 80.9 Å². The average Bonchev–Trinajstić information content (AvgIpc) is 3.22. The summed E-state index contributed by atoms with van der Waals surface area (Å²) in [7, 11) is 0. The smallest absolute Gasteiger partial charge is 0.339 e. The van der Waals surface area contributed by atoms with E-state index in [4.69, 9.17) is 4.74 Å². The van der Waals surface area contributed by atoms with Gasteiger partial charge in [0, 0.05) is 22.6 Å². The molecule has 38 heavy (non-hydrogen) atoms. The van der Waals surface area contributed by atoms with E-state index in [1.165, 1.54) is 35.2 Å². The molecule has 0 amide bonds. The van der Waals surface area contributed by atoms with Crippen molar-refractivity contribution in [1.82, 2.24) is 0 Å². The summed E-state index contributed by atoms with van der Waals surface area (Å²) in [4.78, 5) is 38.0. The molecule has 202 valence electrons. The van der Waals surface area contributed by atoms with Gasteiger partial charge in [0.2, 0.25) is 0 Å². The Morgan fingerprint density at radius 3 is 2.29 bits per heavy atom. The first-order valence-electron chi connectivity index (χ1n) is 12.1. The standard InChI is InChI=1S/C27H28F2N2O6S/c1-4-6-10-22(27(34)37-5-2)30(15-19-20(28)8-7-9-21(19)29)25-23(26(32)33)16(3)24(38-25)17-11-13-18(14-12-17)31(35)36/h7-9,11-14,22H,4-6,10,15H2,1-3H3,(H,32,33). The van der Waals surface area contributed by atoms with Crippen LogP contribution in [-0.4, -0.2) is 34.6 Å². The SMILES string of the molecule is CCCCC(C(=O)OCC)N(Cc1c(F)cccc1F)c1sc(-c2ccc([N+](=O)[O-])cc2)c(C)c1C(=O)O. The molecule has 3 rings (SSSR count). The molecule has 0 aliphatic carbocycles. The molecule has 0 radical (unpaired) electrons. The fourth-order valence-corrected chi connectivity index (χ4v) is 5.53. The van der Waals surface area contributed by atoms with Gasteiger partial charge in [0.25, 0.3) is 5.69 Å². The number of hydrogen-bond acceptors (Lipinski definition) is 7. The lowest BCUT2D eigenvalue weighted by atomic mass is 10.0. The van der Waals surface area contributed by atoms with Gasteiger partial charge in [0.15, 0.2) is 0 Å². The first kappa shape index (κ1) is 28.7. The van der Waals surface area contributed by atoms with Gasteiger partial charge >= 0.3 is 11.9 Å². The van der Waals surface area contributed by atoms with Crippen molar-refractivity contribution < 1.29 is 33.1 Å². The third kappa shape index (κ3) is 6.16. The van der Waals surface area contributed by atoms with E-state index in [1.54, 1.807) is 13.8 Å². The number of carbonyl (C=O) groups excluding carboxylic acids is 1. The Labute approximate surface area is 222 Å². The van der Waals surface area contributed by atoms with Gasteiger partial charge in [-0.25, -0.2) is 18.4 Å². The molecule has 0 aliphatic heterocycles. The molecule has 0 aliphatic rings. The van der Waals surface area contributed by atoms with Gasteiger partial charge in [0.1, 0.15) is 22.7 Å². The number of carboxylic acids is 1. The minimum Gasteiger partial charge on any atom is -0.478 e. The molecule has 3 aromatic rings. The molecule has 1 aromatic heterocycles. The maximum atomic E-state index is 14.8. The Kier molecular flexibility index (Phi) is 9.51. The van der Waals surface area contributed by atoms with Crippen LogP contribution >= 0.6 is 11.3 Å². The molecule has 1 N–H and O–H groups in total. The van der Waals surface area contributed by atoms with Crippen molar-refractivity contribution in [1.29, 1.82) is 0 Å². The largest absolute Gasteiger partial charge is 0.478 e. The molecule has 0 saturated carbocycles. The first-order chi connectivity index (χ1) is 18.1. The maximum Gasteiger partial charge on any atom is 0.339 e. The molecule has 0 bridgehead atoms. The number of esters is 1. The zero-order valence-corrected chi connectivity index (χ0v) is 22.0. The second-order valence-electron chi connectivity index (χ2n) is 8.58. The van der Waals surface area contributed by atoms with Gasteiger partial charge in [-0.05, 0) is 55.7 Å². The van der Waals surface area contributed by atoms with E-state index < -0.39 is 41.1 Å². The van der Waals surface area contributed by atoms with Crippen molar-refractivity contribution in [3.8, 4) is 10.4 Å². The fourth-order valence-electron chi connectivity index (χ4n) is 4.18. The van der Waals surface area contributed by atoms with Crippen LogP contribution in [0, 0.1) is 28.7 Å². The normalized spacial score (nSPS) is 11.7. The predicted molar refractivity (Wildman–Crippen MR) is 141 cm³/mol. The van der Waals surface area contributed by atoms with Crippen LogP contribution < -0.4 is 4.90 Å². The Morgan fingerprint density at radius 1 is 1.13 bits per heavy atom. The first-order valence-corrected chi connectivity index (χ1v) is 12.9. The second-order valence-corrected chi connectivity index (χ2v) is 9.58. The van der Waals surface area contributed by atoms with E-state index in [0.29, 0.717) is 22.4 Å². The highest BCUT2D eigenvalue weighted by Crippen LogP contribution is 2.44. The molecule has 8 nitrogen and oxygen atoms in total. The number of ether oxygens (including phenoxy) is 1. The number of benzene rings is 2. The molecule has 0 spiro atoms. The van der Waals surface area contributed by atoms with Gasteiger partial charge in [-0.3, -0.25) is 10.1 Å². The number of hydrogen-bond donors (Lipinski definition) is 1. The predicted octanol–water partition coefficient (Wildman–Crippen LogP) is 6.74. The number of halogens is 2. The van der Waals surface area contributed by atoms with E-state index >= 15 is 0 Å². The quantitative estimate of drug-likeness (QED) is 0.152. The number of unbranched alkanes of at least 4 members (excludes halogenated alkanes) is 1. The van der Waals surface area contributed by atoms with Gasteiger partial charge in [-0.2, -0.15) is 0 Å². The number of anilines is 1. The summed E-state index contributed by atoms with van der Waals surface area (Å²) in [6.07, 6.45) is 1.58. The van der Waals surface area contributed by atoms with Crippen molar-refractivity contribution in [2.45, 2.75) is 52.6 Å². The fraction of sp³-hybridized carbons (Fsp3) is 0.333. The lowest BCUT2D eigenvalue weighted by Gasteiger charge is -2.32. The third-order valence-corrected chi connectivity index (χ3v) is 7.48. The molecular weight excluding hydrogens is 518 g/mol. The van der Waals surface area contributed by atoms with Crippen LogP contribution in [0.3, 0.4) is 0 Å². The number of non-ortho nitro benzene ring substituents is 1.